The van der Waals surface area contributed by atoms with Crippen molar-refractivity contribution < 1.29 is 4.79 Å². The van der Waals surface area contributed by atoms with E-state index in [1.807, 2.05) is 16.3 Å². The van der Waals surface area contributed by atoms with E-state index < -0.39 is 0 Å². The Morgan fingerprint density at radius 2 is 2.12 bits per heavy atom. The van der Waals surface area contributed by atoms with Crippen molar-refractivity contribution in [2.45, 2.75) is 39.7 Å². The number of nitrogens with two attached hydrogens (primary N) is 1. The number of benzene rings is 1. The molecule has 1 aliphatic heterocycles. The maximum absolute atomic E-state index is 12.6. The van der Waals surface area contributed by atoms with Crippen LogP contribution in [-0.4, -0.2) is 34.9 Å². The van der Waals surface area contributed by atoms with Gasteiger partial charge in [0, 0.05) is 30.1 Å². The quantitative estimate of drug-likeness (QED) is 0.820. The molecule has 0 spiro atoms. The maximum atomic E-state index is 12.6. The Morgan fingerprint density at radius 1 is 1.38 bits per heavy atom. The second-order valence-electron chi connectivity index (χ2n) is 7.39. The van der Waals surface area contributed by atoms with Crippen LogP contribution in [-0.2, 0) is 11.2 Å². The monoisotopic (exact) mass is 415 g/mol. The van der Waals surface area contributed by atoms with Crippen LogP contribution < -0.4 is 5.73 Å². The highest BCUT2D eigenvalue weighted by Gasteiger charge is 2.35. The fraction of sp³-hybridized carbons (Fsp3) is 0.474. The summed E-state index contributed by atoms with van der Waals surface area (Å²) in [5.41, 5.74) is 9.32. The van der Waals surface area contributed by atoms with Crippen LogP contribution in [0.25, 0.3) is 10.6 Å². The minimum Gasteiger partial charge on any atom is -0.342 e. The molecular formula is C19H27Cl2N3OS. The number of amides is 1. The third-order valence-corrected chi connectivity index (χ3v) is 5.75. The molecule has 0 aliphatic carbocycles. The van der Waals surface area contributed by atoms with Crippen molar-refractivity contribution in [2.75, 3.05) is 13.1 Å². The zero-order chi connectivity index (χ0) is 17.3. The predicted molar refractivity (Wildman–Crippen MR) is 113 cm³/mol. The number of halogens is 2. The van der Waals surface area contributed by atoms with Gasteiger partial charge < -0.3 is 10.6 Å². The molecule has 2 aromatic rings. The Kier molecular flexibility index (Phi) is 8.08. The lowest BCUT2D eigenvalue weighted by atomic mass is 9.79. The molecule has 1 aromatic heterocycles. The fourth-order valence-corrected chi connectivity index (χ4v) is 3.97. The van der Waals surface area contributed by atoms with Crippen LogP contribution in [0.5, 0.6) is 0 Å². The third kappa shape index (κ3) is 5.19. The topological polar surface area (TPSA) is 59.2 Å². The van der Waals surface area contributed by atoms with Crippen LogP contribution in [0.2, 0.25) is 0 Å². The summed E-state index contributed by atoms with van der Waals surface area (Å²) in [5, 5.41) is 2.97. The summed E-state index contributed by atoms with van der Waals surface area (Å²) in [4.78, 5) is 19.2. The summed E-state index contributed by atoms with van der Waals surface area (Å²) in [6.45, 7) is 7.82. The number of aryl methyl sites for hydroxylation is 1. The first-order chi connectivity index (χ1) is 11.3. The molecule has 0 saturated carbocycles. The van der Waals surface area contributed by atoms with Gasteiger partial charge in [0.05, 0.1) is 12.1 Å². The van der Waals surface area contributed by atoms with E-state index in [0.717, 1.165) is 35.8 Å². The molecule has 1 unspecified atom stereocenters. The average Bonchev–Trinajstić information content (AvgIpc) is 2.98. The van der Waals surface area contributed by atoms with Gasteiger partial charge in [0.25, 0.3) is 0 Å². The Hall–Kier alpha value is -1.14. The van der Waals surface area contributed by atoms with E-state index in [-0.39, 0.29) is 42.2 Å². The molecular weight excluding hydrogens is 389 g/mol. The number of carbonyl (C=O) groups is 1. The largest absolute Gasteiger partial charge is 0.342 e. The number of rotatable bonds is 3. The number of carbonyl (C=O) groups excluding carboxylic acids is 1. The molecule has 2 heterocycles. The Labute approximate surface area is 172 Å². The number of likely N-dealkylation sites (tertiary alicyclic amines) is 1. The van der Waals surface area contributed by atoms with E-state index in [0.29, 0.717) is 6.42 Å². The lowest BCUT2D eigenvalue weighted by Gasteiger charge is -2.42. The van der Waals surface area contributed by atoms with E-state index in [9.17, 15) is 4.79 Å². The molecule has 144 valence electrons. The summed E-state index contributed by atoms with van der Waals surface area (Å²) < 4.78 is 0. The van der Waals surface area contributed by atoms with Crippen molar-refractivity contribution in [3.05, 3.63) is 40.9 Å². The second-order valence-corrected chi connectivity index (χ2v) is 8.25. The van der Waals surface area contributed by atoms with Gasteiger partial charge in [-0.1, -0.05) is 37.6 Å². The van der Waals surface area contributed by atoms with Gasteiger partial charge in [-0.15, -0.1) is 36.2 Å². The third-order valence-electron chi connectivity index (χ3n) is 4.81. The lowest BCUT2D eigenvalue weighted by molar-refractivity contribution is -0.133. The highest BCUT2D eigenvalue weighted by atomic mass is 35.5. The summed E-state index contributed by atoms with van der Waals surface area (Å²) in [7, 11) is 0. The molecule has 1 fully saturated rings. The second kappa shape index (κ2) is 9.18. The number of hydrogen-bond acceptors (Lipinski definition) is 4. The number of piperidine rings is 1. The van der Waals surface area contributed by atoms with Gasteiger partial charge >= 0.3 is 0 Å². The molecule has 0 radical (unpaired) electrons. The summed E-state index contributed by atoms with van der Waals surface area (Å²) >= 11 is 1.60. The Bertz CT molecular complexity index is 748. The smallest absolute Gasteiger partial charge is 0.228 e. The normalized spacial score (nSPS) is 18.6. The maximum Gasteiger partial charge on any atom is 0.228 e. The molecule has 1 aliphatic rings. The highest BCUT2D eigenvalue weighted by Crippen LogP contribution is 2.29. The van der Waals surface area contributed by atoms with Crippen LogP contribution in [0.15, 0.2) is 29.6 Å². The van der Waals surface area contributed by atoms with E-state index in [2.05, 4.69) is 44.0 Å². The lowest BCUT2D eigenvalue weighted by Crippen LogP contribution is -2.54. The van der Waals surface area contributed by atoms with Crippen molar-refractivity contribution in [1.29, 1.82) is 0 Å². The molecule has 1 saturated heterocycles. The van der Waals surface area contributed by atoms with E-state index in [4.69, 9.17) is 5.73 Å². The molecule has 2 N–H and O–H groups in total. The van der Waals surface area contributed by atoms with Gasteiger partial charge in [-0.2, -0.15) is 0 Å². The molecule has 4 nitrogen and oxygen atoms in total. The van der Waals surface area contributed by atoms with Gasteiger partial charge in [0.1, 0.15) is 5.01 Å². The van der Waals surface area contributed by atoms with Crippen LogP contribution in [0.1, 0.15) is 31.5 Å². The molecule has 7 heteroatoms. The number of nitrogens with zero attached hydrogens (tertiary/aromatic N) is 2. The number of hydrogen-bond donors (Lipinski definition) is 1. The first-order valence-corrected chi connectivity index (χ1v) is 9.28. The van der Waals surface area contributed by atoms with E-state index in [1.54, 1.807) is 11.3 Å². The first-order valence-electron chi connectivity index (χ1n) is 8.40. The summed E-state index contributed by atoms with van der Waals surface area (Å²) in [5.74, 6) is 0.149. The van der Waals surface area contributed by atoms with Crippen LogP contribution in [0.3, 0.4) is 0 Å². The van der Waals surface area contributed by atoms with Crippen molar-refractivity contribution in [3.8, 4) is 10.6 Å². The van der Waals surface area contributed by atoms with E-state index in [1.165, 1.54) is 5.56 Å². The van der Waals surface area contributed by atoms with Crippen molar-refractivity contribution >= 4 is 42.1 Å². The molecule has 3 rings (SSSR count). The van der Waals surface area contributed by atoms with Gasteiger partial charge in [-0.05, 0) is 24.8 Å². The zero-order valence-electron chi connectivity index (χ0n) is 15.4. The molecule has 1 aromatic carbocycles. The van der Waals surface area contributed by atoms with Gasteiger partial charge in [0.2, 0.25) is 5.91 Å². The summed E-state index contributed by atoms with van der Waals surface area (Å²) in [6, 6.07) is 8.46. The molecule has 1 amide bonds. The fourth-order valence-electron chi connectivity index (χ4n) is 3.15. The standard InChI is InChI=1S/C19H25N3OS.2ClH/c1-13-5-4-6-14(9-13)18-21-15(11-24-18)10-17(23)22-8-7-16(20)19(2,3)12-22;;/h4-6,9,11,16H,7-8,10,12,20H2,1-3H3;2*1H. The van der Waals surface area contributed by atoms with E-state index >= 15 is 0 Å². The van der Waals surface area contributed by atoms with Gasteiger partial charge in [-0.25, -0.2) is 4.98 Å². The average molecular weight is 416 g/mol. The van der Waals surface area contributed by atoms with Crippen LogP contribution >= 0.6 is 36.2 Å². The molecule has 0 bridgehead atoms. The molecule has 1 atom stereocenters. The first kappa shape index (κ1) is 22.9. The highest BCUT2D eigenvalue weighted by molar-refractivity contribution is 7.13. The molecule has 26 heavy (non-hydrogen) atoms. The number of thiazole rings is 1. The minimum atomic E-state index is -0.0251. The van der Waals surface area contributed by atoms with Crippen LogP contribution in [0.4, 0.5) is 0 Å². The summed E-state index contributed by atoms with van der Waals surface area (Å²) in [6.07, 6.45) is 1.23. The Morgan fingerprint density at radius 3 is 2.77 bits per heavy atom. The van der Waals surface area contributed by atoms with Crippen LogP contribution in [0, 0.1) is 12.3 Å². The predicted octanol–water partition coefficient (Wildman–Crippen LogP) is 4.09. The number of aromatic nitrogens is 1. The van der Waals surface area contributed by atoms with Crippen molar-refractivity contribution in [1.82, 2.24) is 9.88 Å². The zero-order valence-corrected chi connectivity index (χ0v) is 17.8. The van der Waals surface area contributed by atoms with Gasteiger partial charge in [0.15, 0.2) is 0 Å². The Balaban J connectivity index is 0.00000169. The van der Waals surface area contributed by atoms with Crippen molar-refractivity contribution in [3.63, 3.8) is 0 Å². The minimum absolute atomic E-state index is 0. The SMILES string of the molecule is Cc1cccc(-c2nc(CC(=O)N3CCC(N)C(C)(C)C3)cs2)c1.Cl.Cl. The van der Waals surface area contributed by atoms with Crippen molar-refractivity contribution in [2.24, 2.45) is 11.1 Å². The van der Waals surface area contributed by atoms with Gasteiger partial charge in [-0.3, -0.25) is 4.79 Å².